The van der Waals surface area contributed by atoms with Gasteiger partial charge < -0.3 is 0 Å². The first-order valence-electron chi connectivity index (χ1n) is 15.5. The zero-order valence-electron chi connectivity index (χ0n) is 26.5. The van der Waals surface area contributed by atoms with Crippen molar-refractivity contribution >= 4 is 68.8 Å². The predicted molar refractivity (Wildman–Crippen MR) is 201 cm³/mol. The molecule has 0 amide bonds. The van der Waals surface area contributed by atoms with E-state index in [1.54, 1.807) is 22.7 Å². The fourth-order valence-electron chi connectivity index (χ4n) is 6.96. The van der Waals surface area contributed by atoms with Crippen LogP contribution in [0.4, 0.5) is 0 Å². The fraction of sp³-hybridized carbons (Fsp3) is 0.293. The first-order chi connectivity index (χ1) is 21.4. The van der Waals surface area contributed by atoms with Crippen LogP contribution < -0.4 is 10.9 Å². The summed E-state index contributed by atoms with van der Waals surface area (Å²) < 4.78 is 4.25. The second-order valence-electron chi connectivity index (χ2n) is 13.3. The molecule has 2 aliphatic rings. The number of fused-ring (bicyclic) bond motifs is 6. The Morgan fingerprint density at radius 3 is 1.50 bits per heavy atom. The van der Waals surface area contributed by atoms with E-state index in [0.717, 1.165) is 58.8 Å². The zero-order valence-corrected chi connectivity index (χ0v) is 28.1. The Labute approximate surface area is 279 Å². The molecule has 0 saturated heterocycles. The van der Waals surface area contributed by atoms with Crippen LogP contribution in [-0.4, -0.2) is 5.78 Å². The van der Waals surface area contributed by atoms with Gasteiger partial charge in [-0.1, -0.05) is 91.1 Å². The minimum Gasteiger partial charge on any atom is -0.294 e. The second-order valence-corrected chi connectivity index (χ2v) is 15.4. The molecule has 2 heterocycles. The molecular formula is C41H42O3S2. The van der Waals surface area contributed by atoms with Crippen LogP contribution in [0.2, 0.25) is 0 Å². The molecule has 0 aliphatic heterocycles. The number of allylic oxidation sites excluding steroid dienone is 1. The SMILES string of the molecule is C.C=C1C(=O)C2(C)CCC1C2(C)C.CC(C)c1ccc2sc3ccccc3c(=O)c2c1.O=c1c2ccccc2sc2ccccc12. The fourth-order valence-corrected chi connectivity index (χ4v) is 9.08. The normalized spacial score (nSPS) is 19.6. The lowest BCUT2D eigenvalue weighted by Gasteiger charge is -2.31. The van der Waals surface area contributed by atoms with Gasteiger partial charge in [0.15, 0.2) is 16.6 Å². The highest BCUT2D eigenvalue weighted by molar-refractivity contribution is 7.24. The molecule has 8 rings (SSSR count). The lowest BCUT2D eigenvalue weighted by atomic mass is 9.70. The van der Waals surface area contributed by atoms with Crippen molar-refractivity contribution < 1.29 is 4.79 Å². The molecule has 2 aliphatic carbocycles. The van der Waals surface area contributed by atoms with E-state index in [2.05, 4.69) is 53.3 Å². The van der Waals surface area contributed by atoms with Crippen molar-refractivity contribution in [3.63, 3.8) is 0 Å². The van der Waals surface area contributed by atoms with Gasteiger partial charge in [-0.3, -0.25) is 14.4 Å². The van der Waals surface area contributed by atoms with Gasteiger partial charge in [-0.2, -0.15) is 0 Å². The lowest BCUT2D eigenvalue weighted by Crippen LogP contribution is -2.32. The van der Waals surface area contributed by atoms with Crippen LogP contribution in [0, 0.1) is 16.7 Å². The van der Waals surface area contributed by atoms with Crippen molar-refractivity contribution in [3.05, 3.63) is 129 Å². The average molecular weight is 647 g/mol. The summed E-state index contributed by atoms with van der Waals surface area (Å²) in [6.45, 7) is 14.7. The minimum absolute atomic E-state index is 0. The summed E-state index contributed by atoms with van der Waals surface area (Å²) in [5.74, 6) is 1.23. The van der Waals surface area contributed by atoms with Gasteiger partial charge in [-0.25, -0.2) is 0 Å². The van der Waals surface area contributed by atoms with Crippen molar-refractivity contribution in [2.45, 2.75) is 60.8 Å². The number of hydrogen-bond donors (Lipinski definition) is 0. The van der Waals surface area contributed by atoms with E-state index in [1.165, 1.54) is 5.56 Å². The summed E-state index contributed by atoms with van der Waals surface area (Å²) in [6.07, 6.45) is 2.22. The molecule has 6 aromatic rings. The number of Topliss-reactive ketones (excluding diaryl/α,β-unsaturated/α-hetero) is 1. The quantitative estimate of drug-likeness (QED) is 0.132. The molecule has 2 bridgehead atoms. The molecule has 46 heavy (non-hydrogen) atoms. The maximum Gasteiger partial charge on any atom is 0.195 e. The van der Waals surface area contributed by atoms with E-state index in [1.807, 2.05) is 78.9 Å². The third-order valence-corrected chi connectivity index (χ3v) is 12.5. The van der Waals surface area contributed by atoms with Gasteiger partial charge >= 0.3 is 0 Å². The Kier molecular flexibility index (Phi) is 9.23. The van der Waals surface area contributed by atoms with Crippen LogP contribution in [0.3, 0.4) is 0 Å². The van der Waals surface area contributed by atoms with Gasteiger partial charge in [0, 0.05) is 45.8 Å². The number of carbonyl (C=O) groups excluding carboxylic acids is 1. The first kappa shape index (κ1) is 33.4. The van der Waals surface area contributed by atoms with Crippen molar-refractivity contribution in [1.29, 1.82) is 0 Å². The molecule has 4 aromatic carbocycles. The van der Waals surface area contributed by atoms with E-state index >= 15 is 0 Å². The Bertz CT molecular complexity index is 2180. The van der Waals surface area contributed by atoms with Crippen LogP contribution in [-0.2, 0) is 4.79 Å². The van der Waals surface area contributed by atoms with E-state index in [-0.39, 0.29) is 29.1 Å². The number of carbonyl (C=O) groups is 1. The van der Waals surface area contributed by atoms with E-state index in [9.17, 15) is 14.4 Å². The largest absolute Gasteiger partial charge is 0.294 e. The summed E-state index contributed by atoms with van der Waals surface area (Å²) >= 11 is 3.35. The first-order valence-corrected chi connectivity index (χ1v) is 17.2. The molecule has 2 fully saturated rings. The molecule has 3 nitrogen and oxygen atoms in total. The smallest absolute Gasteiger partial charge is 0.195 e. The molecule has 0 N–H and O–H groups in total. The molecule has 0 radical (unpaired) electrons. The van der Waals surface area contributed by atoms with Crippen LogP contribution in [0.15, 0.2) is 113 Å². The van der Waals surface area contributed by atoms with Crippen molar-refractivity contribution in [2.75, 3.05) is 0 Å². The van der Waals surface area contributed by atoms with E-state index in [4.69, 9.17) is 0 Å². The molecule has 2 unspecified atom stereocenters. The highest BCUT2D eigenvalue weighted by atomic mass is 32.1. The number of rotatable bonds is 1. The Morgan fingerprint density at radius 1 is 0.674 bits per heavy atom. The summed E-state index contributed by atoms with van der Waals surface area (Å²) in [5.41, 5.74) is 2.45. The third kappa shape index (κ3) is 5.54. The highest BCUT2D eigenvalue weighted by Gasteiger charge is 2.63. The van der Waals surface area contributed by atoms with E-state index in [0.29, 0.717) is 17.6 Å². The third-order valence-electron chi connectivity index (χ3n) is 10.2. The van der Waals surface area contributed by atoms with Crippen LogP contribution >= 0.6 is 22.7 Å². The number of hydrogen-bond acceptors (Lipinski definition) is 5. The van der Waals surface area contributed by atoms with Gasteiger partial charge in [0.25, 0.3) is 0 Å². The average Bonchev–Trinajstić information content (AvgIpc) is 3.35. The van der Waals surface area contributed by atoms with Crippen molar-refractivity contribution in [1.82, 2.24) is 0 Å². The van der Waals surface area contributed by atoms with Gasteiger partial charge in [-0.05, 0) is 89.8 Å². The van der Waals surface area contributed by atoms with Crippen molar-refractivity contribution in [2.24, 2.45) is 16.7 Å². The number of benzene rings is 4. The molecule has 2 atom stereocenters. The summed E-state index contributed by atoms with van der Waals surface area (Å²) in [5, 5.41) is 3.32. The molecule has 2 aromatic heterocycles. The zero-order chi connectivity index (χ0) is 32.1. The van der Waals surface area contributed by atoms with Gasteiger partial charge in [0.05, 0.1) is 0 Å². The molecule has 5 heteroatoms. The van der Waals surface area contributed by atoms with Crippen LogP contribution in [0.25, 0.3) is 40.3 Å². The van der Waals surface area contributed by atoms with Crippen LogP contribution in [0.1, 0.15) is 66.4 Å². The lowest BCUT2D eigenvalue weighted by molar-refractivity contribution is -0.125. The molecule has 236 valence electrons. The Morgan fingerprint density at radius 2 is 1.11 bits per heavy atom. The summed E-state index contributed by atoms with van der Waals surface area (Å²) in [4.78, 5) is 36.4. The van der Waals surface area contributed by atoms with Gasteiger partial charge in [0.2, 0.25) is 0 Å². The molecule has 2 saturated carbocycles. The van der Waals surface area contributed by atoms with Gasteiger partial charge in [0.1, 0.15) is 0 Å². The standard InChI is InChI=1S/C16H14OS.C13H8OS.C11H16O.CH4/c1-10(2)11-7-8-15-13(9-11)16(17)12-5-3-4-6-14(12)18-15;14-13-9-5-1-3-7-11(9)15-12-8-4-2-6-10(12)13;1-7-8-5-6-11(4,9(7)12)10(8,2)3;/h3-10H,1-2H3;1-8H;8H,1,5-6H2,2-4H3;1H4. The molecule has 0 spiro atoms. The highest BCUT2D eigenvalue weighted by Crippen LogP contribution is 2.65. The minimum atomic E-state index is -0.102. The number of ketones is 1. The van der Waals surface area contributed by atoms with Gasteiger partial charge in [-0.15, -0.1) is 22.7 Å². The summed E-state index contributed by atoms with van der Waals surface area (Å²) in [7, 11) is 0. The second kappa shape index (κ2) is 12.7. The van der Waals surface area contributed by atoms with Crippen LogP contribution in [0.5, 0.6) is 0 Å². The van der Waals surface area contributed by atoms with Crippen molar-refractivity contribution in [3.8, 4) is 0 Å². The maximum atomic E-state index is 12.5. The topological polar surface area (TPSA) is 51.2 Å². The Balaban J connectivity index is 0.000000137. The monoisotopic (exact) mass is 646 g/mol. The predicted octanol–water partition coefficient (Wildman–Crippen LogP) is 11.2. The molecular weight excluding hydrogens is 605 g/mol. The Hall–Kier alpha value is -3.93. The maximum absolute atomic E-state index is 12.5. The summed E-state index contributed by atoms with van der Waals surface area (Å²) in [6, 6.07) is 29.6. The van der Waals surface area contributed by atoms with E-state index < -0.39 is 0 Å².